The van der Waals surface area contributed by atoms with Crippen molar-refractivity contribution in [2.75, 3.05) is 15.5 Å². The Kier molecular flexibility index (Phi) is 5.49. The molecule has 0 saturated carbocycles. The third kappa shape index (κ3) is 4.13. The van der Waals surface area contributed by atoms with Gasteiger partial charge in [-0.25, -0.2) is 0 Å². The summed E-state index contributed by atoms with van der Waals surface area (Å²) in [6.45, 7) is 7.67. The Morgan fingerprint density at radius 2 is 1.63 bits per heavy atom. The molecule has 2 aromatic carbocycles. The van der Waals surface area contributed by atoms with Crippen molar-refractivity contribution in [3.63, 3.8) is 0 Å². The number of amides is 2. The molecule has 0 radical (unpaired) electrons. The van der Waals surface area contributed by atoms with Crippen LogP contribution in [-0.2, 0) is 16.0 Å². The van der Waals surface area contributed by atoms with Crippen LogP contribution in [0.1, 0.15) is 33.3 Å². The number of hydrogen-bond acceptors (Lipinski definition) is 3. The SMILES string of the molecule is CC(C)C(=O)Nc1ccc(NC(C)C(=O)N2c3ccccc3CC2C)cc1. The summed E-state index contributed by atoms with van der Waals surface area (Å²) in [4.78, 5) is 26.7. The van der Waals surface area contributed by atoms with Crippen LogP contribution in [0.2, 0.25) is 0 Å². The molecule has 5 heteroatoms. The monoisotopic (exact) mass is 365 g/mol. The van der Waals surface area contributed by atoms with E-state index in [1.165, 1.54) is 5.56 Å². The lowest BCUT2D eigenvalue weighted by atomic mass is 10.1. The van der Waals surface area contributed by atoms with Crippen molar-refractivity contribution >= 4 is 28.9 Å². The van der Waals surface area contributed by atoms with Crippen molar-refractivity contribution in [1.29, 1.82) is 0 Å². The summed E-state index contributed by atoms with van der Waals surface area (Å²) in [7, 11) is 0. The maximum Gasteiger partial charge on any atom is 0.249 e. The van der Waals surface area contributed by atoms with Gasteiger partial charge in [0.25, 0.3) is 0 Å². The molecule has 0 fully saturated rings. The van der Waals surface area contributed by atoms with Crippen LogP contribution in [0.4, 0.5) is 17.1 Å². The zero-order chi connectivity index (χ0) is 19.6. The highest BCUT2D eigenvalue weighted by atomic mass is 16.2. The second-order valence-electron chi connectivity index (χ2n) is 7.48. The molecule has 142 valence electrons. The Bertz CT molecular complexity index is 830. The molecule has 27 heavy (non-hydrogen) atoms. The third-order valence-corrected chi connectivity index (χ3v) is 4.88. The maximum absolute atomic E-state index is 13.0. The van der Waals surface area contributed by atoms with Crippen molar-refractivity contribution in [1.82, 2.24) is 0 Å². The lowest BCUT2D eigenvalue weighted by Crippen LogP contribution is -2.44. The van der Waals surface area contributed by atoms with Gasteiger partial charge in [0.2, 0.25) is 11.8 Å². The number of para-hydroxylation sites is 1. The average Bonchev–Trinajstić information content (AvgIpc) is 2.98. The van der Waals surface area contributed by atoms with Gasteiger partial charge in [0.05, 0.1) is 0 Å². The molecule has 0 saturated heterocycles. The Balaban J connectivity index is 1.66. The standard InChI is InChI=1S/C22H27N3O2/c1-14(2)21(26)24-19-11-9-18(10-12-19)23-16(4)22(27)25-15(3)13-17-7-5-6-8-20(17)25/h5-12,14-16,23H,13H2,1-4H3,(H,24,26). The number of rotatable bonds is 5. The molecule has 2 atom stereocenters. The van der Waals surface area contributed by atoms with Crippen molar-refractivity contribution in [3.05, 3.63) is 54.1 Å². The largest absolute Gasteiger partial charge is 0.374 e. The second kappa shape index (κ2) is 7.82. The molecule has 3 rings (SSSR count). The van der Waals surface area contributed by atoms with Crippen molar-refractivity contribution in [2.45, 2.75) is 46.2 Å². The van der Waals surface area contributed by atoms with Crippen LogP contribution in [0, 0.1) is 5.92 Å². The summed E-state index contributed by atoms with van der Waals surface area (Å²) in [6, 6.07) is 15.3. The highest BCUT2D eigenvalue weighted by Gasteiger charge is 2.32. The van der Waals surface area contributed by atoms with Gasteiger partial charge in [-0.05, 0) is 56.2 Å². The summed E-state index contributed by atoms with van der Waals surface area (Å²) in [6.07, 6.45) is 0.888. The molecule has 0 aromatic heterocycles. The summed E-state index contributed by atoms with van der Waals surface area (Å²) in [5.41, 5.74) is 3.82. The molecule has 1 aliphatic heterocycles. The first-order valence-electron chi connectivity index (χ1n) is 9.45. The van der Waals surface area contributed by atoms with Gasteiger partial charge in [-0.15, -0.1) is 0 Å². The van der Waals surface area contributed by atoms with E-state index in [4.69, 9.17) is 0 Å². The van der Waals surface area contributed by atoms with Gasteiger partial charge in [-0.1, -0.05) is 32.0 Å². The Hall–Kier alpha value is -2.82. The molecular formula is C22H27N3O2. The summed E-state index contributed by atoms with van der Waals surface area (Å²) in [5, 5.41) is 6.13. The summed E-state index contributed by atoms with van der Waals surface area (Å²) >= 11 is 0. The Morgan fingerprint density at radius 3 is 2.30 bits per heavy atom. The van der Waals surface area contributed by atoms with Crippen LogP contribution >= 0.6 is 0 Å². The van der Waals surface area contributed by atoms with Gasteiger partial charge in [0, 0.05) is 29.0 Å². The minimum atomic E-state index is -0.352. The molecule has 0 aliphatic carbocycles. The Labute approximate surface area is 160 Å². The molecule has 2 amide bonds. The van der Waals surface area contributed by atoms with Crippen LogP contribution in [0.3, 0.4) is 0 Å². The van der Waals surface area contributed by atoms with Gasteiger partial charge in [0.1, 0.15) is 6.04 Å². The minimum absolute atomic E-state index is 0.0130. The highest BCUT2D eigenvalue weighted by Crippen LogP contribution is 2.32. The third-order valence-electron chi connectivity index (χ3n) is 4.88. The van der Waals surface area contributed by atoms with Gasteiger partial charge in [-0.3, -0.25) is 9.59 Å². The van der Waals surface area contributed by atoms with E-state index < -0.39 is 0 Å². The number of nitrogens with zero attached hydrogens (tertiary/aromatic N) is 1. The van der Waals surface area contributed by atoms with Crippen LogP contribution in [0.25, 0.3) is 0 Å². The molecule has 5 nitrogen and oxygen atoms in total. The van der Waals surface area contributed by atoms with Crippen LogP contribution in [0.15, 0.2) is 48.5 Å². The van der Waals surface area contributed by atoms with E-state index in [0.717, 1.165) is 23.5 Å². The van der Waals surface area contributed by atoms with Crippen molar-refractivity contribution in [2.24, 2.45) is 5.92 Å². The maximum atomic E-state index is 13.0. The van der Waals surface area contributed by atoms with E-state index in [9.17, 15) is 9.59 Å². The first-order chi connectivity index (χ1) is 12.9. The molecule has 1 aliphatic rings. The zero-order valence-electron chi connectivity index (χ0n) is 16.3. The average molecular weight is 365 g/mol. The van der Waals surface area contributed by atoms with Gasteiger partial charge >= 0.3 is 0 Å². The topological polar surface area (TPSA) is 61.4 Å². The molecule has 2 aromatic rings. The quantitative estimate of drug-likeness (QED) is 0.840. The van der Waals surface area contributed by atoms with Crippen LogP contribution < -0.4 is 15.5 Å². The molecular weight excluding hydrogens is 338 g/mol. The minimum Gasteiger partial charge on any atom is -0.374 e. The molecule has 1 heterocycles. The first kappa shape index (κ1) is 19.0. The molecule has 2 unspecified atom stereocenters. The second-order valence-corrected chi connectivity index (χ2v) is 7.48. The molecule has 0 spiro atoms. The number of carbonyl (C=O) groups is 2. The fourth-order valence-corrected chi connectivity index (χ4v) is 3.36. The molecule has 2 N–H and O–H groups in total. The lowest BCUT2D eigenvalue weighted by molar-refractivity contribution is -0.119. The number of benzene rings is 2. The Morgan fingerprint density at radius 1 is 1.00 bits per heavy atom. The summed E-state index contributed by atoms with van der Waals surface area (Å²) < 4.78 is 0. The normalized spacial score (nSPS) is 16.8. The van der Waals surface area contributed by atoms with E-state index in [-0.39, 0.29) is 29.8 Å². The smallest absolute Gasteiger partial charge is 0.249 e. The zero-order valence-corrected chi connectivity index (χ0v) is 16.3. The predicted molar refractivity (Wildman–Crippen MR) is 110 cm³/mol. The number of carbonyl (C=O) groups excluding carboxylic acids is 2. The fraction of sp³-hybridized carbons (Fsp3) is 0.364. The van der Waals surface area contributed by atoms with Gasteiger partial charge in [-0.2, -0.15) is 0 Å². The van der Waals surface area contributed by atoms with Gasteiger partial charge in [0.15, 0.2) is 0 Å². The molecule has 0 bridgehead atoms. The highest BCUT2D eigenvalue weighted by molar-refractivity contribution is 6.00. The number of hydrogen-bond donors (Lipinski definition) is 2. The van der Waals surface area contributed by atoms with E-state index in [0.29, 0.717) is 0 Å². The van der Waals surface area contributed by atoms with Crippen LogP contribution in [-0.4, -0.2) is 23.9 Å². The number of nitrogens with one attached hydrogen (secondary N) is 2. The fourth-order valence-electron chi connectivity index (χ4n) is 3.36. The van der Waals surface area contributed by atoms with Crippen molar-refractivity contribution < 1.29 is 9.59 Å². The van der Waals surface area contributed by atoms with E-state index in [1.807, 2.05) is 68.1 Å². The predicted octanol–water partition coefficient (Wildman–Crippen LogP) is 4.06. The van der Waals surface area contributed by atoms with E-state index >= 15 is 0 Å². The van der Waals surface area contributed by atoms with Gasteiger partial charge < -0.3 is 15.5 Å². The summed E-state index contributed by atoms with van der Waals surface area (Å²) in [5.74, 6) is -0.0173. The van der Waals surface area contributed by atoms with Crippen molar-refractivity contribution in [3.8, 4) is 0 Å². The van der Waals surface area contributed by atoms with Crippen LogP contribution in [0.5, 0.6) is 0 Å². The lowest BCUT2D eigenvalue weighted by Gasteiger charge is -2.27. The number of fused-ring (bicyclic) bond motifs is 1. The van der Waals surface area contributed by atoms with E-state index in [2.05, 4.69) is 23.6 Å². The first-order valence-corrected chi connectivity index (χ1v) is 9.45. The number of anilines is 3. The van der Waals surface area contributed by atoms with E-state index in [1.54, 1.807) is 0 Å².